The smallest absolute Gasteiger partial charge is 0.509 e. The van der Waals surface area contributed by atoms with E-state index in [0.29, 0.717) is 17.4 Å². The number of rotatable bonds is 9. The summed E-state index contributed by atoms with van der Waals surface area (Å²) >= 11 is 0. The molecule has 0 unspecified atom stereocenters. The molecule has 0 aliphatic heterocycles. The van der Waals surface area contributed by atoms with Gasteiger partial charge >= 0.3 is 21.1 Å². The van der Waals surface area contributed by atoms with Crippen molar-refractivity contribution < 1.29 is 30.5 Å². The Morgan fingerprint density at radius 1 is 0.833 bits per heavy atom. The third-order valence-corrected chi connectivity index (χ3v) is 8.69. The predicted octanol–water partition coefficient (Wildman–Crippen LogP) is 9.94. The number of fused-ring (bicyclic) bond motifs is 3. The zero-order chi connectivity index (χ0) is 32.7. The second-order valence-corrected chi connectivity index (χ2v) is 12.6. The van der Waals surface area contributed by atoms with Crippen LogP contribution in [0.1, 0.15) is 42.8 Å². The van der Waals surface area contributed by atoms with E-state index in [1.165, 1.54) is 5.56 Å². The number of nitrogens with zero attached hydrogens (tertiary/aromatic N) is 4. The molecule has 3 aromatic heterocycles. The van der Waals surface area contributed by atoms with Gasteiger partial charge < -0.3 is 14.0 Å². The van der Waals surface area contributed by atoms with E-state index in [1.807, 2.05) is 35.1 Å². The second kappa shape index (κ2) is 13.8. The van der Waals surface area contributed by atoms with E-state index in [2.05, 4.69) is 112 Å². The Hall–Kier alpha value is -4.67. The first kappa shape index (κ1) is 33.2. The molecular formula is C41H38N4O2Pt. The summed E-state index contributed by atoms with van der Waals surface area (Å²) in [5.74, 6) is 3.43. The Labute approximate surface area is 296 Å². The number of benzene rings is 4. The summed E-state index contributed by atoms with van der Waals surface area (Å²) in [6.45, 7) is 10.8. The maximum Gasteiger partial charge on any atom is 2.00 e. The summed E-state index contributed by atoms with van der Waals surface area (Å²) in [6, 6.07) is 36.1. The molecule has 0 radical (unpaired) electrons. The van der Waals surface area contributed by atoms with Gasteiger partial charge in [-0.2, -0.15) is 16.7 Å². The SMILES string of the molecule is COc1ccc2c(c1)c1ccc(Oc3[c-]c(-n4nc(C)c(-c5ccccc5)c4C)cc(CCC(C)C)c3)[c-]c1n2-c1cc(C)ccn1.[Pt+2]. The first-order valence-corrected chi connectivity index (χ1v) is 16.1. The van der Waals surface area contributed by atoms with Crippen molar-refractivity contribution in [2.75, 3.05) is 7.11 Å². The number of aryl methyl sites for hydroxylation is 3. The van der Waals surface area contributed by atoms with Gasteiger partial charge in [-0.15, -0.1) is 35.7 Å². The molecular weight excluding hydrogens is 776 g/mol. The number of pyridine rings is 1. The molecule has 0 amide bonds. The third-order valence-electron chi connectivity index (χ3n) is 8.69. The van der Waals surface area contributed by atoms with Crippen LogP contribution in [0.15, 0.2) is 91.1 Å². The van der Waals surface area contributed by atoms with Crippen molar-refractivity contribution in [1.82, 2.24) is 19.3 Å². The Kier molecular flexibility index (Phi) is 9.57. The van der Waals surface area contributed by atoms with Crippen LogP contribution in [0.2, 0.25) is 0 Å². The van der Waals surface area contributed by atoms with E-state index in [4.69, 9.17) is 19.6 Å². The second-order valence-electron chi connectivity index (χ2n) is 12.6. The summed E-state index contributed by atoms with van der Waals surface area (Å²) in [7, 11) is 1.69. The van der Waals surface area contributed by atoms with Gasteiger partial charge in [0.15, 0.2) is 0 Å². The average Bonchev–Trinajstić information content (AvgIpc) is 3.56. The monoisotopic (exact) mass is 813 g/mol. The van der Waals surface area contributed by atoms with Gasteiger partial charge in [-0.3, -0.25) is 4.68 Å². The van der Waals surface area contributed by atoms with E-state index in [9.17, 15) is 0 Å². The standard InChI is InChI=1S/C41H38N4O2.Pt/c1-26(2)12-13-30-21-32(45-29(5)41(28(4)43-45)31-10-8-7-9-11-31)23-35(22-30)47-34-14-16-36-37-24-33(46-6)15-17-38(37)44(39(36)25-34)40-20-27(3)18-19-42-40;/h7-11,14-22,24,26H,12-13H2,1-6H3;/q-2;+2. The Balaban J connectivity index is 0.00000401. The van der Waals surface area contributed by atoms with Crippen LogP contribution < -0.4 is 9.47 Å². The maximum atomic E-state index is 6.60. The van der Waals surface area contributed by atoms with E-state index >= 15 is 0 Å². The fraction of sp³-hybridized carbons (Fsp3) is 0.220. The average molecular weight is 814 g/mol. The van der Waals surface area contributed by atoms with Crippen molar-refractivity contribution >= 4 is 21.8 Å². The molecule has 48 heavy (non-hydrogen) atoms. The van der Waals surface area contributed by atoms with E-state index in [1.54, 1.807) is 7.11 Å². The topological polar surface area (TPSA) is 54.1 Å². The molecule has 0 fully saturated rings. The van der Waals surface area contributed by atoms with Crippen LogP contribution >= 0.6 is 0 Å². The first-order chi connectivity index (χ1) is 22.8. The minimum Gasteiger partial charge on any atom is -0.509 e. The van der Waals surface area contributed by atoms with Gasteiger partial charge in [-0.05, 0) is 85.6 Å². The number of aromatic nitrogens is 4. The van der Waals surface area contributed by atoms with E-state index in [-0.39, 0.29) is 21.1 Å². The van der Waals surface area contributed by atoms with Crippen LogP contribution in [-0.2, 0) is 27.5 Å². The number of methoxy groups -OCH3 is 1. The number of ether oxygens (including phenoxy) is 2. The molecule has 7 rings (SSSR count). The van der Waals surface area contributed by atoms with Crippen LogP contribution in [0.25, 0.3) is 44.4 Å². The van der Waals surface area contributed by atoms with Crippen molar-refractivity contribution in [3.8, 4) is 39.9 Å². The number of hydrogen-bond acceptors (Lipinski definition) is 4. The third kappa shape index (κ3) is 6.42. The van der Waals surface area contributed by atoms with Gasteiger partial charge in [0.25, 0.3) is 0 Å². The molecule has 0 aliphatic rings. The molecule has 0 saturated heterocycles. The number of hydrogen-bond donors (Lipinski definition) is 0. The van der Waals surface area contributed by atoms with Crippen molar-refractivity contribution in [3.05, 3.63) is 126 Å². The molecule has 0 spiro atoms. The molecule has 4 aromatic carbocycles. The summed E-state index contributed by atoms with van der Waals surface area (Å²) in [5.41, 5.74) is 9.41. The fourth-order valence-corrected chi connectivity index (χ4v) is 6.34. The van der Waals surface area contributed by atoms with Crippen LogP contribution in [-0.4, -0.2) is 26.4 Å². The zero-order valence-electron chi connectivity index (χ0n) is 28.1. The molecule has 244 valence electrons. The van der Waals surface area contributed by atoms with Crippen LogP contribution in [0.5, 0.6) is 17.2 Å². The van der Waals surface area contributed by atoms with Crippen LogP contribution in [0.4, 0.5) is 0 Å². The summed E-state index contributed by atoms with van der Waals surface area (Å²) in [5, 5.41) is 7.08. The minimum atomic E-state index is 0. The molecule has 7 heteroatoms. The van der Waals surface area contributed by atoms with Gasteiger partial charge in [0.1, 0.15) is 11.6 Å². The molecule has 3 heterocycles. The van der Waals surface area contributed by atoms with Crippen molar-refractivity contribution in [2.24, 2.45) is 5.92 Å². The summed E-state index contributed by atoms with van der Waals surface area (Å²) < 4.78 is 16.3. The zero-order valence-corrected chi connectivity index (χ0v) is 30.3. The quantitative estimate of drug-likeness (QED) is 0.136. The summed E-state index contributed by atoms with van der Waals surface area (Å²) in [4.78, 5) is 4.72. The molecule has 0 bridgehead atoms. The molecule has 7 aromatic rings. The summed E-state index contributed by atoms with van der Waals surface area (Å²) in [6.07, 6.45) is 3.84. The van der Waals surface area contributed by atoms with E-state index < -0.39 is 0 Å². The molecule has 6 nitrogen and oxygen atoms in total. The minimum absolute atomic E-state index is 0. The van der Waals surface area contributed by atoms with Crippen molar-refractivity contribution in [2.45, 2.75) is 47.5 Å². The maximum absolute atomic E-state index is 6.60. The van der Waals surface area contributed by atoms with Crippen molar-refractivity contribution in [3.63, 3.8) is 0 Å². The van der Waals surface area contributed by atoms with Crippen molar-refractivity contribution in [1.29, 1.82) is 0 Å². The van der Waals surface area contributed by atoms with Gasteiger partial charge in [-0.1, -0.05) is 56.1 Å². The first-order valence-electron chi connectivity index (χ1n) is 16.1. The molecule has 0 aliphatic carbocycles. The van der Waals surface area contributed by atoms with Gasteiger partial charge in [-0.25, -0.2) is 4.98 Å². The Bertz CT molecular complexity index is 2230. The van der Waals surface area contributed by atoms with E-state index in [0.717, 1.165) is 80.0 Å². The van der Waals surface area contributed by atoms with Crippen LogP contribution in [0.3, 0.4) is 0 Å². The Morgan fingerprint density at radius 3 is 2.40 bits per heavy atom. The Morgan fingerprint density at radius 2 is 1.65 bits per heavy atom. The fourth-order valence-electron chi connectivity index (χ4n) is 6.34. The van der Waals surface area contributed by atoms with Gasteiger partial charge in [0.2, 0.25) is 0 Å². The molecule has 0 saturated carbocycles. The van der Waals surface area contributed by atoms with Crippen LogP contribution in [0, 0.1) is 38.8 Å². The predicted molar refractivity (Wildman–Crippen MR) is 189 cm³/mol. The largest absolute Gasteiger partial charge is 2.00 e. The molecule has 0 atom stereocenters. The van der Waals surface area contributed by atoms with Gasteiger partial charge in [0.05, 0.1) is 12.8 Å². The van der Waals surface area contributed by atoms with Gasteiger partial charge in [0, 0.05) is 34.5 Å². The normalized spacial score (nSPS) is 11.3. The molecule has 0 N–H and O–H groups in total.